The van der Waals surface area contributed by atoms with Crippen LogP contribution >= 0.6 is 24.0 Å². The van der Waals surface area contributed by atoms with Gasteiger partial charge in [0.2, 0.25) is 0 Å². The first kappa shape index (κ1) is 21.4. The minimum absolute atomic E-state index is 0. The minimum atomic E-state index is 0. The van der Waals surface area contributed by atoms with E-state index < -0.39 is 0 Å². The van der Waals surface area contributed by atoms with Crippen LogP contribution in [0.25, 0.3) is 0 Å². The summed E-state index contributed by atoms with van der Waals surface area (Å²) in [5, 5.41) is 11.1. The standard InChI is InChI=1S/C18H28N6.HI/c1-4-19-18(22-12-9-17-8-5-6-10-20-17)21-11-7-13-24-16(3)14-15(2)23-24;/h5-6,8,10,14H,4,7,9,11-13H2,1-3H3,(H2,19,21,22);1H. The molecule has 0 aromatic carbocycles. The van der Waals surface area contributed by atoms with Crippen molar-refractivity contribution < 1.29 is 0 Å². The Morgan fingerprint density at radius 2 is 2.08 bits per heavy atom. The van der Waals surface area contributed by atoms with Crippen molar-refractivity contribution in [1.29, 1.82) is 0 Å². The lowest BCUT2D eigenvalue weighted by Gasteiger charge is -2.11. The predicted molar refractivity (Wildman–Crippen MR) is 114 cm³/mol. The van der Waals surface area contributed by atoms with Gasteiger partial charge < -0.3 is 10.6 Å². The van der Waals surface area contributed by atoms with Crippen LogP contribution in [0.15, 0.2) is 35.5 Å². The van der Waals surface area contributed by atoms with Crippen molar-refractivity contribution in [2.75, 3.05) is 19.6 Å². The van der Waals surface area contributed by atoms with Crippen LogP contribution in [0.1, 0.15) is 30.4 Å². The van der Waals surface area contributed by atoms with Gasteiger partial charge >= 0.3 is 0 Å². The molecule has 0 amide bonds. The molecule has 2 aromatic heterocycles. The number of aromatic nitrogens is 3. The maximum atomic E-state index is 4.63. The summed E-state index contributed by atoms with van der Waals surface area (Å²) in [5.74, 6) is 0.863. The lowest BCUT2D eigenvalue weighted by Crippen LogP contribution is -2.38. The lowest BCUT2D eigenvalue weighted by atomic mass is 10.3. The van der Waals surface area contributed by atoms with Gasteiger partial charge in [-0.05, 0) is 45.4 Å². The molecule has 0 bridgehead atoms. The van der Waals surface area contributed by atoms with Crippen molar-refractivity contribution in [1.82, 2.24) is 25.4 Å². The third-order valence-electron chi connectivity index (χ3n) is 3.65. The number of halogens is 1. The van der Waals surface area contributed by atoms with Gasteiger partial charge in [0.25, 0.3) is 0 Å². The number of nitrogens with one attached hydrogen (secondary N) is 2. The molecular weight excluding hydrogens is 427 g/mol. The van der Waals surface area contributed by atoms with Crippen molar-refractivity contribution in [3.8, 4) is 0 Å². The molecule has 6 nitrogen and oxygen atoms in total. The van der Waals surface area contributed by atoms with Gasteiger partial charge in [0.1, 0.15) is 0 Å². The van der Waals surface area contributed by atoms with E-state index in [1.807, 2.05) is 36.0 Å². The zero-order chi connectivity index (χ0) is 17.2. The molecule has 138 valence electrons. The minimum Gasteiger partial charge on any atom is -0.357 e. The molecule has 2 N–H and O–H groups in total. The molecule has 0 saturated carbocycles. The van der Waals surface area contributed by atoms with Crippen molar-refractivity contribution in [2.45, 2.75) is 40.2 Å². The summed E-state index contributed by atoms with van der Waals surface area (Å²) < 4.78 is 2.05. The first-order chi connectivity index (χ1) is 11.7. The second-order valence-corrected chi connectivity index (χ2v) is 5.76. The van der Waals surface area contributed by atoms with Crippen LogP contribution in [0.2, 0.25) is 0 Å². The van der Waals surface area contributed by atoms with Crippen LogP contribution < -0.4 is 10.6 Å². The Morgan fingerprint density at radius 3 is 2.72 bits per heavy atom. The Hall–Kier alpha value is -1.64. The number of pyridine rings is 1. The largest absolute Gasteiger partial charge is 0.357 e. The Morgan fingerprint density at radius 1 is 1.24 bits per heavy atom. The fourth-order valence-electron chi connectivity index (χ4n) is 2.51. The highest BCUT2D eigenvalue weighted by atomic mass is 127. The van der Waals surface area contributed by atoms with Gasteiger partial charge in [0.05, 0.1) is 5.69 Å². The zero-order valence-electron chi connectivity index (χ0n) is 15.3. The van der Waals surface area contributed by atoms with Gasteiger partial charge in [-0.15, -0.1) is 24.0 Å². The van der Waals surface area contributed by atoms with Crippen molar-refractivity contribution in [2.24, 2.45) is 4.99 Å². The number of hydrogen-bond acceptors (Lipinski definition) is 3. The van der Waals surface area contributed by atoms with Gasteiger partial charge in [-0.25, -0.2) is 0 Å². The predicted octanol–water partition coefficient (Wildman–Crippen LogP) is 2.70. The van der Waals surface area contributed by atoms with Crippen LogP contribution in [0, 0.1) is 13.8 Å². The molecule has 7 heteroatoms. The summed E-state index contributed by atoms with van der Waals surface area (Å²) in [5.41, 5.74) is 3.36. The summed E-state index contributed by atoms with van der Waals surface area (Å²) in [6.45, 7) is 9.54. The Bertz CT molecular complexity index is 638. The Labute approximate surface area is 167 Å². The molecule has 0 atom stereocenters. The number of aryl methyl sites for hydroxylation is 3. The molecule has 0 saturated heterocycles. The smallest absolute Gasteiger partial charge is 0.191 e. The Kier molecular flexibility index (Phi) is 10.1. The highest BCUT2D eigenvalue weighted by Gasteiger charge is 2.01. The molecule has 0 unspecified atom stereocenters. The van der Waals surface area contributed by atoms with Crippen molar-refractivity contribution in [3.05, 3.63) is 47.5 Å². The fourth-order valence-corrected chi connectivity index (χ4v) is 2.51. The second kappa shape index (κ2) is 11.8. The van der Waals surface area contributed by atoms with E-state index in [-0.39, 0.29) is 24.0 Å². The van der Waals surface area contributed by atoms with Gasteiger partial charge in [-0.3, -0.25) is 14.7 Å². The molecule has 0 aliphatic carbocycles. The molecule has 0 aliphatic heterocycles. The normalized spacial score (nSPS) is 11.1. The maximum Gasteiger partial charge on any atom is 0.191 e. The molecule has 2 aromatic rings. The third kappa shape index (κ3) is 7.85. The number of rotatable bonds is 8. The van der Waals surface area contributed by atoms with Crippen LogP contribution in [0.4, 0.5) is 0 Å². The maximum absolute atomic E-state index is 4.63. The number of guanidine groups is 1. The number of hydrogen-bond donors (Lipinski definition) is 2. The molecule has 0 fully saturated rings. The first-order valence-corrected chi connectivity index (χ1v) is 8.62. The van der Waals surface area contributed by atoms with Crippen LogP contribution in [0.3, 0.4) is 0 Å². The molecule has 25 heavy (non-hydrogen) atoms. The van der Waals surface area contributed by atoms with E-state index in [9.17, 15) is 0 Å². The van der Waals surface area contributed by atoms with Crippen LogP contribution in [-0.4, -0.2) is 40.4 Å². The van der Waals surface area contributed by atoms with Gasteiger partial charge in [-0.2, -0.15) is 5.10 Å². The molecule has 2 heterocycles. The molecule has 0 aliphatic rings. The van der Waals surface area contributed by atoms with E-state index in [1.165, 1.54) is 5.69 Å². The monoisotopic (exact) mass is 456 g/mol. The first-order valence-electron chi connectivity index (χ1n) is 8.62. The summed E-state index contributed by atoms with van der Waals surface area (Å²) in [6.07, 6.45) is 3.68. The van der Waals surface area contributed by atoms with E-state index in [4.69, 9.17) is 0 Å². The molecule has 2 rings (SSSR count). The zero-order valence-corrected chi connectivity index (χ0v) is 17.7. The average molecular weight is 456 g/mol. The van der Waals surface area contributed by atoms with E-state index in [0.717, 1.165) is 56.4 Å². The summed E-state index contributed by atoms with van der Waals surface area (Å²) >= 11 is 0. The topological polar surface area (TPSA) is 67.1 Å². The molecule has 0 spiro atoms. The summed E-state index contributed by atoms with van der Waals surface area (Å²) in [7, 11) is 0. The summed E-state index contributed by atoms with van der Waals surface area (Å²) in [6, 6.07) is 8.10. The van der Waals surface area contributed by atoms with Crippen molar-refractivity contribution in [3.63, 3.8) is 0 Å². The summed E-state index contributed by atoms with van der Waals surface area (Å²) in [4.78, 5) is 8.96. The highest BCUT2D eigenvalue weighted by molar-refractivity contribution is 14.0. The van der Waals surface area contributed by atoms with Gasteiger partial charge in [0, 0.05) is 50.2 Å². The van der Waals surface area contributed by atoms with E-state index in [0.29, 0.717) is 0 Å². The van der Waals surface area contributed by atoms with Gasteiger partial charge in [-0.1, -0.05) is 6.07 Å². The highest BCUT2D eigenvalue weighted by Crippen LogP contribution is 2.02. The quantitative estimate of drug-likeness (QED) is 0.278. The van der Waals surface area contributed by atoms with E-state index in [2.05, 4.69) is 45.6 Å². The average Bonchev–Trinajstić information content (AvgIpc) is 2.90. The van der Waals surface area contributed by atoms with Crippen molar-refractivity contribution >= 4 is 29.9 Å². The Balaban J connectivity index is 0.00000312. The molecule has 0 radical (unpaired) electrons. The lowest BCUT2D eigenvalue weighted by molar-refractivity contribution is 0.567. The van der Waals surface area contributed by atoms with Crippen LogP contribution in [0.5, 0.6) is 0 Å². The van der Waals surface area contributed by atoms with Gasteiger partial charge in [0.15, 0.2) is 5.96 Å². The second-order valence-electron chi connectivity index (χ2n) is 5.76. The van der Waals surface area contributed by atoms with E-state index in [1.54, 1.807) is 0 Å². The van der Waals surface area contributed by atoms with E-state index >= 15 is 0 Å². The van der Waals surface area contributed by atoms with Crippen LogP contribution in [-0.2, 0) is 13.0 Å². The SMILES string of the molecule is CCNC(=NCCCn1nc(C)cc1C)NCCc1ccccn1.I. The number of aliphatic imine (C=N–C) groups is 1. The molecular formula is C18H29IN6. The third-order valence-corrected chi connectivity index (χ3v) is 3.65. The fraction of sp³-hybridized carbons (Fsp3) is 0.500. The number of nitrogens with zero attached hydrogens (tertiary/aromatic N) is 4.